The molecule has 0 aliphatic carbocycles. The third kappa shape index (κ3) is 4.24. The molecule has 0 radical (unpaired) electrons. The third-order valence-electron chi connectivity index (χ3n) is 2.28. The quantitative estimate of drug-likeness (QED) is 0.866. The molecule has 0 heterocycles. The van der Waals surface area contributed by atoms with Gasteiger partial charge in [-0.25, -0.2) is 0 Å². The van der Waals surface area contributed by atoms with Crippen molar-refractivity contribution in [3.8, 4) is 0 Å². The highest BCUT2D eigenvalue weighted by Gasteiger charge is 2.18. The second-order valence-electron chi connectivity index (χ2n) is 3.64. The van der Waals surface area contributed by atoms with Crippen LogP contribution in [0.25, 0.3) is 0 Å². The fourth-order valence-corrected chi connectivity index (χ4v) is 1.83. The van der Waals surface area contributed by atoms with Gasteiger partial charge in [0.2, 0.25) is 5.91 Å². The molecular weight excluding hydrogens is 265 g/mol. The Labute approximate surface area is 108 Å². The first kappa shape index (κ1) is 13.8. The van der Waals surface area contributed by atoms with Gasteiger partial charge in [-0.15, -0.1) is 0 Å². The predicted molar refractivity (Wildman–Crippen MR) is 65.3 cm³/mol. The lowest BCUT2D eigenvalue weighted by Crippen LogP contribution is -2.17. The van der Waals surface area contributed by atoms with E-state index in [9.17, 15) is 9.59 Å². The molecule has 17 heavy (non-hydrogen) atoms. The number of amides is 1. The maximum atomic E-state index is 10.9. The molecule has 1 aromatic carbocycles. The van der Waals surface area contributed by atoms with Crippen molar-refractivity contribution in [1.29, 1.82) is 0 Å². The first-order chi connectivity index (χ1) is 7.90. The van der Waals surface area contributed by atoms with Crippen LogP contribution in [0.4, 0.5) is 0 Å². The van der Waals surface area contributed by atoms with Crippen molar-refractivity contribution in [2.24, 2.45) is 5.73 Å². The first-order valence-electron chi connectivity index (χ1n) is 4.85. The van der Waals surface area contributed by atoms with Gasteiger partial charge in [0.1, 0.15) is 0 Å². The molecule has 1 rings (SSSR count). The summed E-state index contributed by atoms with van der Waals surface area (Å²) in [7, 11) is 0. The molecule has 0 aliphatic heterocycles. The van der Waals surface area contributed by atoms with E-state index in [4.69, 9.17) is 34.0 Å². The van der Waals surface area contributed by atoms with E-state index in [1.165, 1.54) is 0 Å². The first-order valence-corrected chi connectivity index (χ1v) is 5.60. The van der Waals surface area contributed by atoms with E-state index in [1.54, 1.807) is 18.2 Å². The van der Waals surface area contributed by atoms with E-state index in [0.29, 0.717) is 15.6 Å². The summed E-state index contributed by atoms with van der Waals surface area (Å²) in [6, 6.07) is 4.76. The Morgan fingerprint density at radius 3 is 2.35 bits per heavy atom. The summed E-state index contributed by atoms with van der Waals surface area (Å²) >= 11 is 11.6. The maximum absolute atomic E-state index is 10.9. The van der Waals surface area contributed by atoms with Crippen molar-refractivity contribution >= 4 is 35.1 Å². The fourth-order valence-electron chi connectivity index (χ4n) is 1.53. The normalized spacial score (nSPS) is 12.1. The number of aliphatic carboxylic acids is 1. The molecule has 0 spiro atoms. The van der Waals surface area contributed by atoms with Gasteiger partial charge in [0, 0.05) is 12.3 Å². The number of nitrogens with two attached hydrogens (primary N) is 1. The van der Waals surface area contributed by atoms with E-state index in [0.717, 1.165) is 0 Å². The van der Waals surface area contributed by atoms with Gasteiger partial charge in [-0.1, -0.05) is 29.3 Å². The predicted octanol–water partition coefficient (Wildman–Crippen LogP) is 2.43. The standard InChI is InChI=1S/C11H11Cl2NO3/c12-8-2-1-6(3-9(8)13)7(4-10(14)15)5-11(16)17/h1-3,7H,4-5H2,(H2,14,15)(H,16,17). The smallest absolute Gasteiger partial charge is 0.303 e. The number of carboxylic acids is 1. The number of carbonyl (C=O) groups is 2. The van der Waals surface area contributed by atoms with E-state index in [-0.39, 0.29) is 12.8 Å². The summed E-state index contributed by atoms with van der Waals surface area (Å²) in [4.78, 5) is 21.6. The van der Waals surface area contributed by atoms with Crippen LogP contribution in [0.3, 0.4) is 0 Å². The Morgan fingerprint density at radius 1 is 1.24 bits per heavy atom. The van der Waals surface area contributed by atoms with Crippen LogP contribution in [0.15, 0.2) is 18.2 Å². The zero-order valence-electron chi connectivity index (χ0n) is 8.82. The molecule has 0 saturated heterocycles. The number of rotatable bonds is 5. The van der Waals surface area contributed by atoms with E-state index in [2.05, 4.69) is 0 Å². The number of primary amides is 1. The molecule has 0 bridgehead atoms. The summed E-state index contributed by atoms with van der Waals surface area (Å²) in [5.74, 6) is -2.04. The number of hydrogen-bond donors (Lipinski definition) is 2. The molecule has 1 amide bonds. The van der Waals surface area contributed by atoms with Crippen LogP contribution in [0, 0.1) is 0 Å². The van der Waals surface area contributed by atoms with Crippen LogP contribution >= 0.6 is 23.2 Å². The van der Waals surface area contributed by atoms with E-state index < -0.39 is 17.8 Å². The highest BCUT2D eigenvalue weighted by atomic mass is 35.5. The van der Waals surface area contributed by atoms with Gasteiger partial charge in [0.25, 0.3) is 0 Å². The van der Waals surface area contributed by atoms with Gasteiger partial charge in [-0.05, 0) is 17.7 Å². The Bertz CT molecular complexity index is 432. The Morgan fingerprint density at radius 2 is 1.88 bits per heavy atom. The van der Waals surface area contributed by atoms with Gasteiger partial charge in [0.05, 0.1) is 16.5 Å². The highest BCUT2D eigenvalue weighted by Crippen LogP contribution is 2.29. The van der Waals surface area contributed by atoms with Crippen LogP contribution in [0.5, 0.6) is 0 Å². The minimum atomic E-state index is -0.998. The van der Waals surface area contributed by atoms with E-state index in [1.807, 2.05) is 0 Å². The summed E-state index contributed by atoms with van der Waals surface area (Å²) < 4.78 is 0. The average Bonchev–Trinajstić information content (AvgIpc) is 2.19. The third-order valence-corrected chi connectivity index (χ3v) is 3.02. The zero-order chi connectivity index (χ0) is 13.0. The van der Waals surface area contributed by atoms with Crippen molar-refractivity contribution in [2.45, 2.75) is 18.8 Å². The molecular formula is C11H11Cl2NO3. The molecule has 0 saturated carbocycles. The molecule has 4 nitrogen and oxygen atoms in total. The molecule has 0 fully saturated rings. The van der Waals surface area contributed by atoms with Crippen LogP contribution < -0.4 is 5.73 Å². The summed E-state index contributed by atoms with van der Waals surface area (Å²) in [6.45, 7) is 0. The molecule has 1 unspecified atom stereocenters. The van der Waals surface area contributed by atoms with Crippen molar-refractivity contribution in [1.82, 2.24) is 0 Å². The molecule has 0 aromatic heterocycles. The summed E-state index contributed by atoms with van der Waals surface area (Å²) in [5.41, 5.74) is 5.72. The van der Waals surface area contributed by atoms with Crippen molar-refractivity contribution in [2.75, 3.05) is 0 Å². The fraction of sp³-hybridized carbons (Fsp3) is 0.273. The van der Waals surface area contributed by atoms with Gasteiger partial charge in [0.15, 0.2) is 0 Å². The lowest BCUT2D eigenvalue weighted by atomic mass is 9.92. The van der Waals surface area contributed by atoms with Crippen molar-refractivity contribution < 1.29 is 14.7 Å². The van der Waals surface area contributed by atoms with Crippen LogP contribution in [-0.4, -0.2) is 17.0 Å². The van der Waals surface area contributed by atoms with Crippen LogP contribution in [0.2, 0.25) is 10.0 Å². The SMILES string of the molecule is NC(=O)CC(CC(=O)O)c1ccc(Cl)c(Cl)c1. The largest absolute Gasteiger partial charge is 0.481 e. The molecule has 92 valence electrons. The monoisotopic (exact) mass is 275 g/mol. The minimum absolute atomic E-state index is 0.0374. The van der Waals surface area contributed by atoms with Gasteiger partial charge < -0.3 is 10.8 Å². The molecule has 1 atom stereocenters. The Kier molecular flexibility index (Phi) is 4.78. The second-order valence-corrected chi connectivity index (χ2v) is 4.45. The highest BCUT2D eigenvalue weighted by molar-refractivity contribution is 6.42. The molecule has 0 aliphatic rings. The van der Waals surface area contributed by atoms with E-state index >= 15 is 0 Å². The second kappa shape index (κ2) is 5.89. The number of carbonyl (C=O) groups excluding carboxylic acids is 1. The van der Waals surface area contributed by atoms with Gasteiger partial charge >= 0.3 is 5.97 Å². The van der Waals surface area contributed by atoms with Gasteiger partial charge in [-0.2, -0.15) is 0 Å². The molecule has 6 heteroatoms. The number of carboxylic acid groups (broad SMARTS) is 1. The Hall–Kier alpha value is -1.26. The summed E-state index contributed by atoms with van der Waals surface area (Å²) in [5, 5.41) is 9.47. The summed E-state index contributed by atoms with van der Waals surface area (Å²) in [6.07, 6.45) is -0.217. The topological polar surface area (TPSA) is 80.4 Å². The Balaban J connectivity index is 2.98. The molecule has 1 aromatic rings. The maximum Gasteiger partial charge on any atom is 0.303 e. The van der Waals surface area contributed by atoms with Crippen molar-refractivity contribution in [3.63, 3.8) is 0 Å². The lowest BCUT2D eigenvalue weighted by molar-refractivity contribution is -0.137. The van der Waals surface area contributed by atoms with Crippen LogP contribution in [0.1, 0.15) is 24.3 Å². The van der Waals surface area contributed by atoms with Gasteiger partial charge in [-0.3, -0.25) is 9.59 Å². The lowest BCUT2D eigenvalue weighted by Gasteiger charge is -2.14. The zero-order valence-corrected chi connectivity index (χ0v) is 10.3. The molecule has 3 N–H and O–H groups in total. The minimum Gasteiger partial charge on any atom is -0.481 e. The van der Waals surface area contributed by atoms with Crippen LogP contribution in [-0.2, 0) is 9.59 Å². The number of halogens is 2. The average molecular weight is 276 g/mol. The number of hydrogen-bond acceptors (Lipinski definition) is 2. The number of benzene rings is 1. The van der Waals surface area contributed by atoms with Crippen molar-refractivity contribution in [3.05, 3.63) is 33.8 Å².